The summed E-state index contributed by atoms with van der Waals surface area (Å²) in [5.74, 6) is -1.15. The SMILES string of the molecule is CC1(C)Cc2ccccc2N(C(C)(C)C(=O)O)C1=O. The van der Waals surface area contributed by atoms with Crippen molar-refractivity contribution >= 4 is 17.6 Å². The summed E-state index contributed by atoms with van der Waals surface area (Å²) in [5, 5.41) is 9.41. The van der Waals surface area contributed by atoms with E-state index in [1.54, 1.807) is 13.8 Å². The lowest BCUT2D eigenvalue weighted by atomic mass is 9.78. The third kappa shape index (κ3) is 2.01. The number of carboxylic acids is 1. The van der Waals surface area contributed by atoms with Crippen molar-refractivity contribution in [1.29, 1.82) is 0 Å². The molecule has 4 nitrogen and oxygen atoms in total. The van der Waals surface area contributed by atoms with Gasteiger partial charge in [0.1, 0.15) is 5.54 Å². The van der Waals surface area contributed by atoms with E-state index in [-0.39, 0.29) is 5.91 Å². The van der Waals surface area contributed by atoms with E-state index in [1.807, 2.05) is 38.1 Å². The Morgan fingerprint density at radius 2 is 1.89 bits per heavy atom. The number of carboxylic acid groups (broad SMARTS) is 1. The summed E-state index contributed by atoms with van der Waals surface area (Å²) in [6, 6.07) is 7.51. The molecule has 0 aliphatic carbocycles. The van der Waals surface area contributed by atoms with Crippen molar-refractivity contribution in [3.05, 3.63) is 29.8 Å². The average Bonchev–Trinajstić information content (AvgIpc) is 2.29. The first kappa shape index (κ1) is 13.6. The Balaban J connectivity index is 2.64. The van der Waals surface area contributed by atoms with Gasteiger partial charge in [0.05, 0.1) is 0 Å². The number of amides is 1. The first-order valence-corrected chi connectivity index (χ1v) is 6.34. The lowest BCUT2D eigenvalue weighted by Crippen LogP contribution is -2.59. The summed E-state index contributed by atoms with van der Waals surface area (Å²) in [6.45, 7) is 6.84. The number of anilines is 1. The second-order valence-corrected chi connectivity index (χ2v) is 6.19. The monoisotopic (exact) mass is 261 g/mol. The fourth-order valence-corrected chi connectivity index (χ4v) is 2.49. The molecule has 102 valence electrons. The fraction of sp³-hybridized carbons (Fsp3) is 0.467. The molecule has 19 heavy (non-hydrogen) atoms. The number of fused-ring (bicyclic) bond motifs is 1. The molecule has 0 atom stereocenters. The third-order valence-corrected chi connectivity index (χ3v) is 3.73. The van der Waals surface area contributed by atoms with Crippen molar-refractivity contribution in [2.45, 2.75) is 39.7 Å². The zero-order chi connectivity index (χ0) is 14.4. The zero-order valence-corrected chi connectivity index (χ0v) is 11.7. The van der Waals surface area contributed by atoms with E-state index in [9.17, 15) is 14.7 Å². The predicted molar refractivity (Wildman–Crippen MR) is 73.1 cm³/mol. The highest BCUT2D eigenvalue weighted by atomic mass is 16.4. The molecule has 1 aromatic carbocycles. The van der Waals surface area contributed by atoms with Crippen LogP contribution in [-0.4, -0.2) is 22.5 Å². The van der Waals surface area contributed by atoms with Crippen LogP contribution in [0.3, 0.4) is 0 Å². The summed E-state index contributed by atoms with van der Waals surface area (Å²) in [6.07, 6.45) is 0.633. The second kappa shape index (κ2) is 4.08. The van der Waals surface area contributed by atoms with E-state index in [0.29, 0.717) is 12.1 Å². The number of hydrogen-bond acceptors (Lipinski definition) is 2. The highest BCUT2D eigenvalue weighted by Crippen LogP contribution is 2.40. The number of benzene rings is 1. The summed E-state index contributed by atoms with van der Waals surface area (Å²) in [7, 11) is 0. The van der Waals surface area contributed by atoms with Gasteiger partial charge >= 0.3 is 5.97 Å². The largest absolute Gasteiger partial charge is 0.480 e. The summed E-state index contributed by atoms with van der Waals surface area (Å²) in [4.78, 5) is 25.5. The lowest BCUT2D eigenvalue weighted by Gasteiger charge is -2.44. The second-order valence-electron chi connectivity index (χ2n) is 6.19. The first-order chi connectivity index (χ1) is 8.68. The van der Waals surface area contributed by atoms with Gasteiger partial charge in [0.15, 0.2) is 0 Å². The number of rotatable bonds is 2. The van der Waals surface area contributed by atoms with E-state index in [1.165, 1.54) is 4.90 Å². The molecule has 0 radical (unpaired) electrons. The van der Waals surface area contributed by atoms with Crippen LogP contribution in [0.15, 0.2) is 24.3 Å². The van der Waals surface area contributed by atoms with Gasteiger partial charge in [-0.3, -0.25) is 9.69 Å². The van der Waals surface area contributed by atoms with Gasteiger partial charge in [-0.25, -0.2) is 4.79 Å². The van der Waals surface area contributed by atoms with Crippen molar-refractivity contribution in [2.24, 2.45) is 5.41 Å². The topological polar surface area (TPSA) is 57.6 Å². The minimum atomic E-state index is -1.26. The van der Waals surface area contributed by atoms with Gasteiger partial charge < -0.3 is 5.11 Å². The van der Waals surface area contributed by atoms with Crippen LogP contribution >= 0.6 is 0 Å². The Bertz CT molecular complexity index is 546. The van der Waals surface area contributed by atoms with Crippen LogP contribution in [0.1, 0.15) is 33.3 Å². The van der Waals surface area contributed by atoms with Gasteiger partial charge in [-0.1, -0.05) is 32.0 Å². The Hall–Kier alpha value is -1.84. The van der Waals surface area contributed by atoms with Crippen LogP contribution in [0.5, 0.6) is 0 Å². The van der Waals surface area contributed by atoms with Crippen molar-refractivity contribution in [3.8, 4) is 0 Å². The van der Waals surface area contributed by atoms with Crippen molar-refractivity contribution in [2.75, 3.05) is 4.90 Å². The number of hydrogen-bond donors (Lipinski definition) is 1. The molecular weight excluding hydrogens is 242 g/mol. The van der Waals surface area contributed by atoms with E-state index >= 15 is 0 Å². The molecule has 0 aromatic heterocycles. The molecule has 1 heterocycles. The lowest BCUT2D eigenvalue weighted by molar-refractivity contribution is -0.145. The quantitative estimate of drug-likeness (QED) is 0.889. The molecule has 0 fully saturated rings. The van der Waals surface area contributed by atoms with Crippen LogP contribution in [-0.2, 0) is 16.0 Å². The van der Waals surface area contributed by atoms with Crippen molar-refractivity contribution in [1.82, 2.24) is 0 Å². The summed E-state index contributed by atoms with van der Waals surface area (Å²) >= 11 is 0. The maximum atomic E-state index is 12.6. The molecule has 0 spiro atoms. The molecule has 1 amide bonds. The van der Waals surface area contributed by atoms with Crippen molar-refractivity contribution < 1.29 is 14.7 Å². The Morgan fingerprint density at radius 1 is 1.32 bits per heavy atom. The smallest absolute Gasteiger partial charge is 0.329 e. The van der Waals surface area contributed by atoms with Gasteiger partial charge in [0.25, 0.3) is 0 Å². The Kier molecular flexibility index (Phi) is 2.92. The molecular formula is C15H19NO3. The molecule has 1 aliphatic rings. The first-order valence-electron chi connectivity index (χ1n) is 6.34. The highest BCUT2D eigenvalue weighted by Gasteiger charge is 2.47. The van der Waals surface area contributed by atoms with Crippen LogP contribution in [0.4, 0.5) is 5.69 Å². The molecule has 2 rings (SSSR count). The molecule has 1 N–H and O–H groups in total. The minimum absolute atomic E-state index is 0.140. The van der Waals surface area contributed by atoms with E-state index in [0.717, 1.165) is 5.56 Å². The molecule has 1 aliphatic heterocycles. The standard InChI is InChI=1S/C15H19NO3/c1-14(2)9-10-7-5-6-8-11(10)16(12(14)17)15(3,4)13(18)19/h5-8H,9H2,1-4H3,(H,18,19). The van der Waals surface area contributed by atoms with E-state index in [4.69, 9.17) is 0 Å². The number of carbonyl (C=O) groups excluding carboxylic acids is 1. The van der Waals surface area contributed by atoms with E-state index in [2.05, 4.69) is 0 Å². The van der Waals surface area contributed by atoms with Crippen molar-refractivity contribution in [3.63, 3.8) is 0 Å². The maximum absolute atomic E-state index is 12.6. The highest BCUT2D eigenvalue weighted by molar-refractivity contribution is 6.05. The molecule has 0 unspecified atom stereocenters. The van der Waals surface area contributed by atoms with Gasteiger partial charge in [-0.2, -0.15) is 0 Å². The van der Waals surface area contributed by atoms with Gasteiger partial charge in [0, 0.05) is 11.1 Å². The maximum Gasteiger partial charge on any atom is 0.329 e. The van der Waals surface area contributed by atoms with Crippen LogP contribution in [0.25, 0.3) is 0 Å². The average molecular weight is 261 g/mol. The number of carbonyl (C=O) groups is 2. The predicted octanol–water partition coefficient (Wildman–Crippen LogP) is 2.47. The summed E-state index contributed by atoms with van der Waals surface area (Å²) < 4.78 is 0. The minimum Gasteiger partial charge on any atom is -0.480 e. The van der Waals surface area contributed by atoms with Crippen LogP contribution in [0, 0.1) is 5.41 Å². The molecule has 1 aromatic rings. The normalized spacial score (nSPS) is 18.1. The molecule has 4 heteroatoms. The van der Waals surface area contributed by atoms with Gasteiger partial charge in [-0.05, 0) is 31.9 Å². The van der Waals surface area contributed by atoms with Crippen LogP contribution in [0.2, 0.25) is 0 Å². The van der Waals surface area contributed by atoms with Gasteiger partial charge in [-0.15, -0.1) is 0 Å². The van der Waals surface area contributed by atoms with Gasteiger partial charge in [0.2, 0.25) is 5.91 Å². The Morgan fingerprint density at radius 3 is 2.47 bits per heavy atom. The molecule has 0 saturated carbocycles. The summed E-state index contributed by atoms with van der Waals surface area (Å²) in [5.41, 5.74) is -0.118. The zero-order valence-electron chi connectivity index (χ0n) is 11.7. The van der Waals surface area contributed by atoms with Crippen LogP contribution < -0.4 is 4.90 Å². The number of aliphatic carboxylic acids is 1. The Labute approximate surface area is 113 Å². The number of nitrogens with zero attached hydrogens (tertiary/aromatic N) is 1. The number of para-hydroxylation sites is 1. The molecule has 0 bridgehead atoms. The van der Waals surface area contributed by atoms with E-state index < -0.39 is 16.9 Å². The third-order valence-electron chi connectivity index (χ3n) is 3.73. The molecule has 0 saturated heterocycles. The fourth-order valence-electron chi connectivity index (χ4n) is 2.49.